The number of benzene rings is 1. The highest BCUT2D eigenvalue weighted by atomic mass is 19.3. The third kappa shape index (κ3) is 5.05. The van der Waals surface area contributed by atoms with Gasteiger partial charge in [-0.3, -0.25) is 9.59 Å². The van der Waals surface area contributed by atoms with E-state index in [-0.39, 0.29) is 18.8 Å². The van der Waals surface area contributed by atoms with Gasteiger partial charge in [0, 0.05) is 13.0 Å². The summed E-state index contributed by atoms with van der Waals surface area (Å²) in [5, 5.41) is 20.8. The van der Waals surface area contributed by atoms with Crippen LogP contribution in [0.2, 0.25) is 0 Å². The Morgan fingerprint density at radius 1 is 1.16 bits per heavy atom. The number of amides is 2. The maximum atomic E-state index is 14.0. The molecule has 0 aliphatic carbocycles. The number of hydrogen-bond acceptors (Lipinski definition) is 7. The third-order valence-electron chi connectivity index (χ3n) is 4.85. The van der Waals surface area contributed by atoms with Gasteiger partial charge in [-0.25, -0.2) is 18.1 Å². The van der Waals surface area contributed by atoms with Crippen LogP contribution in [0, 0.1) is 0 Å². The van der Waals surface area contributed by atoms with Crippen LogP contribution in [-0.2, 0) is 24.4 Å². The summed E-state index contributed by atoms with van der Waals surface area (Å²) < 4.78 is 30.5. The fourth-order valence-corrected chi connectivity index (χ4v) is 3.41. The first kappa shape index (κ1) is 20.5. The molecule has 1 aliphatic heterocycles. The minimum absolute atomic E-state index is 0.0180. The molecule has 1 aliphatic rings. The maximum absolute atomic E-state index is 14.0. The zero-order valence-corrected chi connectivity index (χ0v) is 16.3. The second-order valence-electron chi connectivity index (χ2n) is 7.24. The van der Waals surface area contributed by atoms with Crippen molar-refractivity contribution >= 4 is 11.8 Å². The summed E-state index contributed by atoms with van der Waals surface area (Å²) in [6, 6.07) is 8.54. The van der Waals surface area contributed by atoms with Crippen LogP contribution in [0.5, 0.6) is 0 Å². The molecule has 11 nitrogen and oxygen atoms in total. The molecule has 0 radical (unpaired) electrons. The number of carbonyl (C=O) groups excluding carboxylic acids is 2. The number of nitrogens with zero attached hydrogens (tertiary/aromatic N) is 8. The lowest BCUT2D eigenvalue weighted by Gasteiger charge is -2.23. The van der Waals surface area contributed by atoms with Crippen molar-refractivity contribution in [3.05, 3.63) is 54.1 Å². The van der Waals surface area contributed by atoms with Gasteiger partial charge in [-0.1, -0.05) is 35.5 Å². The van der Waals surface area contributed by atoms with Crippen LogP contribution >= 0.6 is 0 Å². The Morgan fingerprint density at radius 2 is 1.97 bits per heavy atom. The van der Waals surface area contributed by atoms with Gasteiger partial charge in [0.25, 0.3) is 11.8 Å². The molecule has 2 aromatic heterocycles. The van der Waals surface area contributed by atoms with Crippen molar-refractivity contribution in [1.29, 1.82) is 0 Å². The van der Waals surface area contributed by atoms with E-state index in [0.717, 1.165) is 10.5 Å². The molecule has 4 rings (SSSR count). The SMILES string of the molecule is O=C(NCc1ccccc1)c1cn(CC2CC(F)(F)CN2C(=O)Cn2cnnn2)nn1. The Bertz CT molecular complexity index is 1040. The number of carbonyl (C=O) groups is 2. The van der Waals surface area contributed by atoms with Crippen molar-refractivity contribution in [3.63, 3.8) is 0 Å². The first-order chi connectivity index (χ1) is 14.9. The van der Waals surface area contributed by atoms with Crippen molar-refractivity contribution in [1.82, 2.24) is 45.4 Å². The molecule has 162 valence electrons. The number of rotatable bonds is 7. The monoisotopic (exact) mass is 431 g/mol. The average molecular weight is 431 g/mol. The van der Waals surface area contributed by atoms with E-state index in [1.165, 1.54) is 21.9 Å². The lowest BCUT2D eigenvalue weighted by atomic mass is 10.2. The van der Waals surface area contributed by atoms with E-state index < -0.39 is 36.7 Å². The average Bonchev–Trinajstić information content (AvgIpc) is 3.48. The largest absolute Gasteiger partial charge is 0.347 e. The van der Waals surface area contributed by atoms with E-state index >= 15 is 0 Å². The Hall–Kier alpha value is -3.77. The molecular weight excluding hydrogens is 412 g/mol. The highest BCUT2D eigenvalue weighted by Crippen LogP contribution is 2.33. The molecule has 0 bridgehead atoms. The molecule has 0 saturated carbocycles. The first-order valence-corrected chi connectivity index (χ1v) is 9.50. The molecule has 1 atom stereocenters. The number of likely N-dealkylation sites (tertiary alicyclic amines) is 1. The zero-order valence-electron chi connectivity index (χ0n) is 16.3. The van der Waals surface area contributed by atoms with Crippen molar-refractivity contribution < 1.29 is 18.4 Å². The topological polar surface area (TPSA) is 124 Å². The summed E-state index contributed by atoms with van der Waals surface area (Å²) in [6.07, 6.45) is 2.10. The van der Waals surface area contributed by atoms with Crippen molar-refractivity contribution in [2.24, 2.45) is 0 Å². The number of nitrogens with one attached hydrogen (secondary N) is 1. The van der Waals surface area contributed by atoms with Crippen molar-refractivity contribution in [3.8, 4) is 0 Å². The van der Waals surface area contributed by atoms with Gasteiger partial charge < -0.3 is 10.2 Å². The van der Waals surface area contributed by atoms with Crippen LogP contribution in [0.1, 0.15) is 22.5 Å². The molecular formula is C18H19F2N9O2. The van der Waals surface area contributed by atoms with E-state index in [1.807, 2.05) is 30.3 Å². The number of halogens is 2. The Kier molecular flexibility index (Phi) is 5.64. The van der Waals surface area contributed by atoms with Gasteiger partial charge in [-0.05, 0) is 16.0 Å². The lowest BCUT2D eigenvalue weighted by Crippen LogP contribution is -2.40. The Labute approximate surface area is 175 Å². The van der Waals surface area contributed by atoms with Crippen LogP contribution in [0.3, 0.4) is 0 Å². The van der Waals surface area contributed by atoms with E-state index in [9.17, 15) is 18.4 Å². The lowest BCUT2D eigenvalue weighted by molar-refractivity contribution is -0.134. The summed E-state index contributed by atoms with van der Waals surface area (Å²) in [7, 11) is 0. The van der Waals surface area contributed by atoms with Crippen LogP contribution in [0.25, 0.3) is 0 Å². The summed E-state index contributed by atoms with van der Waals surface area (Å²) >= 11 is 0. The molecule has 1 aromatic carbocycles. The van der Waals surface area contributed by atoms with Crippen molar-refractivity contribution in [2.45, 2.75) is 38.0 Å². The molecule has 1 fully saturated rings. The molecule has 0 spiro atoms. The molecule has 3 heterocycles. The normalized spacial score (nSPS) is 17.6. The quantitative estimate of drug-likeness (QED) is 0.564. The summed E-state index contributed by atoms with van der Waals surface area (Å²) in [5.74, 6) is -3.98. The number of tetrazole rings is 1. The Balaban J connectivity index is 1.38. The van der Waals surface area contributed by atoms with E-state index in [4.69, 9.17) is 0 Å². The number of hydrogen-bond donors (Lipinski definition) is 1. The minimum Gasteiger partial charge on any atom is -0.347 e. The van der Waals surface area contributed by atoms with Gasteiger partial charge in [-0.15, -0.1) is 10.2 Å². The molecule has 1 unspecified atom stereocenters. The molecule has 1 saturated heterocycles. The summed E-state index contributed by atoms with van der Waals surface area (Å²) in [5.41, 5.74) is 0.986. The second kappa shape index (κ2) is 8.53. The summed E-state index contributed by atoms with van der Waals surface area (Å²) in [6.45, 7) is -0.640. The molecule has 13 heteroatoms. The molecule has 31 heavy (non-hydrogen) atoms. The molecule has 3 aromatic rings. The minimum atomic E-state index is -3.02. The van der Waals surface area contributed by atoms with E-state index in [2.05, 4.69) is 31.2 Å². The summed E-state index contributed by atoms with van der Waals surface area (Å²) in [4.78, 5) is 25.9. The molecule has 2 amide bonds. The third-order valence-corrected chi connectivity index (χ3v) is 4.85. The molecule has 1 N–H and O–H groups in total. The van der Waals surface area contributed by atoms with Gasteiger partial charge in [0.15, 0.2) is 5.69 Å². The van der Waals surface area contributed by atoms with Crippen molar-refractivity contribution in [2.75, 3.05) is 6.54 Å². The zero-order chi connectivity index (χ0) is 21.8. The second-order valence-corrected chi connectivity index (χ2v) is 7.24. The Morgan fingerprint density at radius 3 is 2.71 bits per heavy atom. The van der Waals surface area contributed by atoms with Gasteiger partial charge in [-0.2, -0.15) is 0 Å². The predicted molar refractivity (Wildman–Crippen MR) is 101 cm³/mol. The smallest absolute Gasteiger partial charge is 0.273 e. The fraction of sp³-hybridized carbons (Fsp3) is 0.389. The van der Waals surface area contributed by atoms with Gasteiger partial charge in [0.2, 0.25) is 5.91 Å². The standard InChI is InChI=1S/C18H19F2N9O2/c19-18(20)6-14(29(11-18)16(30)10-28-12-22-24-26-28)8-27-9-15(23-25-27)17(31)21-7-13-4-2-1-3-5-13/h1-5,9,12,14H,6-8,10-11H2,(H,21,31). The van der Waals surface area contributed by atoms with E-state index in [1.54, 1.807) is 0 Å². The van der Waals surface area contributed by atoms with Crippen LogP contribution < -0.4 is 5.32 Å². The number of alkyl halides is 2. The van der Waals surface area contributed by atoms with Crippen LogP contribution in [0.15, 0.2) is 42.9 Å². The fourth-order valence-electron chi connectivity index (χ4n) is 3.41. The van der Waals surface area contributed by atoms with Crippen LogP contribution in [-0.4, -0.2) is 70.4 Å². The number of aromatic nitrogens is 7. The highest BCUT2D eigenvalue weighted by Gasteiger charge is 2.47. The van der Waals surface area contributed by atoms with Gasteiger partial charge >= 0.3 is 0 Å². The predicted octanol–water partition coefficient (Wildman–Crippen LogP) is 0.131. The van der Waals surface area contributed by atoms with Gasteiger partial charge in [0.05, 0.1) is 25.3 Å². The first-order valence-electron chi connectivity index (χ1n) is 9.50. The maximum Gasteiger partial charge on any atom is 0.273 e. The van der Waals surface area contributed by atoms with E-state index in [0.29, 0.717) is 6.54 Å². The van der Waals surface area contributed by atoms with Gasteiger partial charge in [0.1, 0.15) is 12.9 Å². The highest BCUT2D eigenvalue weighted by molar-refractivity contribution is 5.91. The van der Waals surface area contributed by atoms with Crippen LogP contribution in [0.4, 0.5) is 8.78 Å².